The Kier molecular flexibility index (Phi) is 2.05. The molecule has 2 rings (SSSR count). The van der Waals surface area contributed by atoms with Crippen molar-refractivity contribution in [3.05, 3.63) is 16.8 Å². The smallest absolute Gasteiger partial charge is 0.215 e. The van der Waals surface area contributed by atoms with Gasteiger partial charge in [-0.05, 0) is 11.4 Å². The zero-order valence-corrected chi connectivity index (χ0v) is 8.51. The maximum absolute atomic E-state index is 10.9. The van der Waals surface area contributed by atoms with Crippen LogP contribution in [-0.2, 0) is 10.0 Å². The van der Waals surface area contributed by atoms with Gasteiger partial charge in [-0.2, -0.15) is 11.3 Å². The maximum atomic E-state index is 10.9. The lowest BCUT2D eigenvalue weighted by atomic mass is 10.2. The van der Waals surface area contributed by atoms with Gasteiger partial charge in [-0.3, -0.25) is 0 Å². The van der Waals surface area contributed by atoms with E-state index in [1.54, 1.807) is 11.3 Å². The fourth-order valence-electron chi connectivity index (χ4n) is 1.29. The average Bonchev–Trinajstić information content (AvgIpc) is 2.31. The summed E-state index contributed by atoms with van der Waals surface area (Å²) in [5, 5.41) is 8.59. The molecule has 1 aromatic heterocycles. The Morgan fingerprint density at radius 2 is 2.23 bits per heavy atom. The van der Waals surface area contributed by atoms with Gasteiger partial charge < -0.3 is 4.90 Å². The molecule has 1 saturated heterocycles. The molecule has 72 valence electrons. The molecule has 1 aliphatic heterocycles. The lowest BCUT2D eigenvalue weighted by molar-refractivity contribution is 0.543. The summed E-state index contributed by atoms with van der Waals surface area (Å²) in [7, 11) is -3.33. The van der Waals surface area contributed by atoms with E-state index in [1.807, 2.05) is 21.7 Å². The molecule has 0 aromatic carbocycles. The third-order valence-corrected chi connectivity index (χ3v) is 4.08. The molecule has 1 aromatic rings. The van der Waals surface area contributed by atoms with Crippen molar-refractivity contribution in [2.24, 2.45) is 5.14 Å². The van der Waals surface area contributed by atoms with E-state index in [9.17, 15) is 8.42 Å². The van der Waals surface area contributed by atoms with Crippen LogP contribution in [0.4, 0.5) is 5.69 Å². The molecule has 0 bridgehead atoms. The van der Waals surface area contributed by atoms with Crippen LogP contribution in [0.1, 0.15) is 0 Å². The molecule has 13 heavy (non-hydrogen) atoms. The maximum Gasteiger partial charge on any atom is 0.215 e. The molecule has 0 amide bonds. The minimum atomic E-state index is -3.33. The van der Waals surface area contributed by atoms with Gasteiger partial charge in [0, 0.05) is 24.2 Å². The van der Waals surface area contributed by atoms with E-state index in [0.29, 0.717) is 13.1 Å². The Labute approximate surface area is 81.0 Å². The van der Waals surface area contributed by atoms with E-state index in [1.165, 1.54) is 0 Å². The first-order valence-corrected chi connectivity index (χ1v) is 6.41. The minimum absolute atomic E-state index is 0.382. The zero-order valence-electron chi connectivity index (χ0n) is 6.88. The van der Waals surface area contributed by atoms with Crippen molar-refractivity contribution in [3.8, 4) is 0 Å². The molecule has 2 N–H and O–H groups in total. The van der Waals surface area contributed by atoms with E-state index < -0.39 is 10.0 Å². The number of hydrogen-bond donors (Lipinski definition) is 1. The van der Waals surface area contributed by atoms with Crippen molar-refractivity contribution >= 4 is 27.0 Å². The molecule has 0 spiro atoms. The van der Waals surface area contributed by atoms with Crippen molar-refractivity contribution in [1.82, 2.24) is 0 Å². The van der Waals surface area contributed by atoms with Crippen LogP contribution in [-0.4, -0.2) is 26.8 Å². The number of nitrogens with zero attached hydrogens (tertiary/aromatic N) is 1. The Bertz CT molecular complexity index is 379. The molecule has 2 heterocycles. The van der Waals surface area contributed by atoms with Crippen LogP contribution >= 0.6 is 11.3 Å². The lowest BCUT2D eigenvalue weighted by Crippen LogP contribution is -2.56. The van der Waals surface area contributed by atoms with Crippen molar-refractivity contribution in [2.45, 2.75) is 5.25 Å². The van der Waals surface area contributed by atoms with Gasteiger partial charge in [-0.15, -0.1) is 0 Å². The van der Waals surface area contributed by atoms with Crippen LogP contribution < -0.4 is 10.0 Å². The number of anilines is 1. The number of nitrogens with two attached hydrogens (primary N) is 1. The average molecular weight is 218 g/mol. The fraction of sp³-hybridized carbons (Fsp3) is 0.429. The largest absolute Gasteiger partial charge is 0.368 e. The summed E-state index contributed by atoms with van der Waals surface area (Å²) in [4.78, 5) is 2.01. The highest BCUT2D eigenvalue weighted by Crippen LogP contribution is 2.25. The topological polar surface area (TPSA) is 63.4 Å². The van der Waals surface area contributed by atoms with Crippen molar-refractivity contribution in [1.29, 1.82) is 0 Å². The van der Waals surface area contributed by atoms with E-state index >= 15 is 0 Å². The van der Waals surface area contributed by atoms with Gasteiger partial charge in [0.2, 0.25) is 10.0 Å². The fourth-order valence-corrected chi connectivity index (χ4v) is 2.73. The van der Waals surface area contributed by atoms with Crippen LogP contribution in [0, 0.1) is 0 Å². The van der Waals surface area contributed by atoms with E-state index in [2.05, 4.69) is 0 Å². The predicted molar refractivity (Wildman–Crippen MR) is 53.4 cm³/mol. The second-order valence-corrected chi connectivity index (χ2v) is 5.72. The van der Waals surface area contributed by atoms with E-state index in [4.69, 9.17) is 5.14 Å². The van der Waals surface area contributed by atoms with Gasteiger partial charge in [-0.1, -0.05) is 0 Å². The van der Waals surface area contributed by atoms with Crippen LogP contribution in [0.5, 0.6) is 0 Å². The van der Waals surface area contributed by atoms with E-state index in [-0.39, 0.29) is 5.25 Å². The molecule has 6 heteroatoms. The zero-order chi connectivity index (χ0) is 9.47. The summed E-state index contributed by atoms with van der Waals surface area (Å²) >= 11 is 1.60. The van der Waals surface area contributed by atoms with Crippen LogP contribution in [0.2, 0.25) is 0 Å². The van der Waals surface area contributed by atoms with Crippen LogP contribution in [0.25, 0.3) is 0 Å². The van der Waals surface area contributed by atoms with Gasteiger partial charge in [0.05, 0.1) is 0 Å². The first kappa shape index (κ1) is 8.98. The predicted octanol–water partition coefficient (Wildman–Crippen LogP) is 0.225. The highest BCUT2D eigenvalue weighted by molar-refractivity contribution is 7.89. The molecule has 4 nitrogen and oxygen atoms in total. The molecule has 0 saturated carbocycles. The minimum Gasteiger partial charge on any atom is -0.368 e. The summed E-state index contributed by atoms with van der Waals surface area (Å²) in [6, 6.07) is 1.98. The second-order valence-electron chi connectivity index (χ2n) is 3.10. The molecule has 1 fully saturated rings. The molecular weight excluding hydrogens is 208 g/mol. The third kappa shape index (κ3) is 1.70. The highest BCUT2D eigenvalue weighted by Gasteiger charge is 2.35. The summed E-state index contributed by atoms with van der Waals surface area (Å²) in [5.41, 5.74) is 1.09. The molecule has 0 atom stereocenters. The van der Waals surface area contributed by atoms with Gasteiger partial charge in [0.15, 0.2) is 0 Å². The summed E-state index contributed by atoms with van der Waals surface area (Å²) in [6.07, 6.45) is 0. The number of hydrogen-bond acceptors (Lipinski definition) is 4. The Balaban J connectivity index is 2.00. The number of thiophene rings is 1. The SMILES string of the molecule is NS(=O)(=O)C1CN(c2ccsc2)C1. The van der Waals surface area contributed by atoms with Gasteiger partial charge in [-0.25, -0.2) is 13.6 Å². The van der Waals surface area contributed by atoms with E-state index in [0.717, 1.165) is 5.69 Å². The summed E-state index contributed by atoms with van der Waals surface area (Å²) in [6.45, 7) is 1.05. The summed E-state index contributed by atoms with van der Waals surface area (Å²) in [5.74, 6) is 0. The molecule has 1 aliphatic rings. The van der Waals surface area contributed by atoms with Gasteiger partial charge in [0.25, 0.3) is 0 Å². The Morgan fingerprint density at radius 1 is 1.54 bits per heavy atom. The van der Waals surface area contributed by atoms with Gasteiger partial charge >= 0.3 is 0 Å². The Morgan fingerprint density at radius 3 is 2.69 bits per heavy atom. The monoisotopic (exact) mass is 218 g/mol. The summed E-state index contributed by atoms with van der Waals surface area (Å²) < 4.78 is 21.8. The Hall–Kier alpha value is -0.590. The first-order chi connectivity index (χ1) is 6.07. The quantitative estimate of drug-likeness (QED) is 0.772. The van der Waals surface area contributed by atoms with Gasteiger partial charge in [0.1, 0.15) is 5.25 Å². The third-order valence-electron chi connectivity index (χ3n) is 2.18. The lowest BCUT2D eigenvalue weighted by Gasteiger charge is -2.38. The second kappa shape index (κ2) is 2.97. The first-order valence-electron chi connectivity index (χ1n) is 3.86. The molecule has 0 aliphatic carbocycles. The van der Waals surface area contributed by atoms with Crippen LogP contribution in [0.3, 0.4) is 0 Å². The molecular formula is C7H10N2O2S2. The van der Waals surface area contributed by atoms with Crippen molar-refractivity contribution in [2.75, 3.05) is 18.0 Å². The number of primary sulfonamides is 1. The van der Waals surface area contributed by atoms with Crippen molar-refractivity contribution in [3.63, 3.8) is 0 Å². The molecule has 0 radical (unpaired) electrons. The number of sulfonamides is 1. The normalized spacial score (nSPS) is 18.7. The van der Waals surface area contributed by atoms with Crippen molar-refractivity contribution < 1.29 is 8.42 Å². The standard InChI is InChI=1S/C7H10N2O2S2/c8-13(10,11)7-3-9(4-7)6-1-2-12-5-6/h1-2,5,7H,3-4H2,(H2,8,10,11). The number of rotatable bonds is 2. The molecule has 0 unspecified atom stereocenters. The highest BCUT2D eigenvalue weighted by atomic mass is 32.2. The van der Waals surface area contributed by atoms with Crippen LogP contribution in [0.15, 0.2) is 16.8 Å².